The van der Waals surface area contributed by atoms with Crippen LogP contribution >= 0.6 is 11.6 Å². The normalized spacial score (nSPS) is 15.4. The molecule has 1 aliphatic rings. The highest BCUT2D eigenvalue weighted by Crippen LogP contribution is 2.38. The van der Waals surface area contributed by atoms with Crippen molar-refractivity contribution in [1.29, 1.82) is 5.26 Å². The van der Waals surface area contributed by atoms with Gasteiger partial charge in [0.05, 0.1) is 5.54 Å². The summed E-state index contributed by atoms with van der Waals surface area (Å²) in [6.07, 6.45) is 3.83. The zero-order valence-electron chi connectivity index (χ0n) is 16.4. The maximum atomic E-state index is 12.5. The van der Waals surface area contributed by atoms with Crippen molar-refractivity contribution < 1.29 is 4.79 Å². The summed E-state index contributed by atoms with van der Waals surface area (Å²) in [5.74, 6) is -0.451. The fourth-order valence-electron chi connectivity index (χ4n) is 3.31. The number of halogens is 1. The Morgan fingerprint density at radius 3 is 2.54 bits per heavy atom. The third-order valence-corrected chi connectivity index (χ3v) is 5.27. The van der Waals surface area contributed by atoms with Crippen molar-refractivity contribution in [2.75, 3.05) is 17.3 Å². The van der Waals surface area contributed by atoms with Crippen molar-refractivity contribution in [2.45, 2.75) is 26.3 Å². The molecule has 4 nitrogen and oxygen atoms in total. The highest BCUT2D eigenvalue weighted by atomic mass is 35.5. The lowest BCUT2D eigenvalue weighted by Crippen LogP contribution is -2.42. The first-order valence-corrected chi connectivity index (χ1v) is 9.35. The Balaban J connectivity index is 1.89. The van der Waals surface area contributed by atoms with Gasteiger partial charge in [-0.25, -0.2) is 0 Å². The van der Waals surface area contributed by atoms with Crippen LogP contribution in [0.15, 0.2) is 54.1 Å². The highest BCUT2D eigenvalue weighted by molar-refractivity contribution is 6.30. The van der Waals surface area contributed by atoms with E-state index in [-0.39, 0.29) is 11.1 Å². The summed E-state index contributed by atoms with van der Waals surface area (Å²) in [7, 11) is 2.07. The number of fused-ring (bicyclic) bond motifs is 1. The minimum Gasteiger partial charge on any atom is -0.366 e. The van der Waals surface area contributed by atoms with E-state index in [4.69, 9.17) is 11.6 Å². The van der Waals surface area contributed by atoms with Gasteiger partial charge in [0.1, 0.15) is 11.6 Å². The number of carbonyl (C=O) groups excluding carboxylic acids is 1. The van der Waals surface area contributed by atoms with Crippen molar-refractivity contribution in [3.8, 4) is 6.07 Å². The van der Waals surface area contributed by atoms with Gasteiger partial charge >= 0.3 is 0 Å². The van der Waals surface area contributed by atoms with Gasteiger partial charge in [0.2, 0.25) is 0 Å². The summed E-state index contributed by atoms with van der Waals surface area (Å²) in [5.41, 5.74) is 4.78. The molecule has 0 radical (unpaired) electrons. The fourth-order valence-corrected chi connectivity index (χ4v) is 3.44. The molecule has 0 saturated heterocycles. The third-order valence-electron chi connectivity index (χ3n) is 5.02. The van der Waals surface area contributed by atoms with E-state index in [0.29, 0.717) is 10.7 Å². The average Bonchev–Trinajstić information content (AvgIpc) is 2.65. The van der Waals surface area contributed by atoms with Crippen molar-refractivity contribution in [2.24, 2.45) is 0 Å². The van der Waals surface area contributed by atoms with E-state index in [0.717, 1.165) is 16.8 Å². The summed E-state index contributed by atoms with van der Waals surface area (Å²) in [6, 6.07) is 14.7. The number of nitrogens with one attached hydrogen (secondary N) is 1. The molecule has 3 rings (SSSR count). The van der Waals surface area contributed by atoms with E-state index in [1.54, 1.807) is 30.3 Å². The number of nitrogens with zero attached hydrogens (tertiary/aromatic N) is 2. The van der Waals surface area contributed by atoms with Gasteiger partial charge in [0.15, 0.2) is 0 Å². The van der Waals surface area contributed by atoms with Crippen LogP contribution in [0.5, 0.6) is 0 Å². The SMILES string of the molecule is CC1=CC(C)(C)N(C)c2ccc(/C=C(\C#N)C(=O)Nc3ccc(Cl)cc3)cc21. The number of carbonyl (C=O) groups is 1. The van der Waals surface area contributed by atoms with E-state index >= 15 is 0 Å². The Morgan fingerprint density at radius 2 is 1.89 bits per heavy atom. The first-order chi connectivity index (χ1) is 13.2. The van der Waals surface area contributed by atoms with Gasteiger partial charge < -0.3 is 10.2 Å². The smallest absolute Gasteiger partial charge is 0.266 e. The topological polar surface area (TPSA) is 56.1 Å². The van der Waals surface area contributed by atoms with Crippen LogP contribution in [-0.4, -0.2) is 18.5 Å². The van der Waals surface area contributed by atoms with Crippen LogP contribution in [0.2, 0.25) is 5.02 Å². The minimum absolute atomic E-state index is 0.0426. The summed E-state index contributed by atoms with van der Waals surface area (Å²) < 4.78 is 0. The Labute approximate surface area is 170 Å². The van der Waals surface area contributed by atoms with Crippen LogP contribution < -0.4 is 10.2 Å². The molecule has 1 aliphatic heterocycles. The zero-order chi connectivity index (χ0) is 20.5. The Morgan fingerprint density at radius 1 is 1.21 bits per heavy atom. The molecular formula is C23H22ClN3O. The van der Waals surface area contributed by atoms with E-state index < -0.39 is 5.91 Å². The summed E-state index contributed by atoms with van der Waals surface area (Å²) >= 11 is 5.86. The molecule has 2 aromatic carbocycles. The number of allylic oxidation sites excluding steroid dienone is 1. The second-order valence-corrected chi connectivity index (χ2v) is 7.88. The van der Waals surface area contributed by atoms with Crippen LogP contribution in [0.3, 0.4) is 0 Å². The van der Waals surface area contributed by atoms with E-state index in [1.165, 1.54) is 5.57 Å². The molecule has 0 saturated carbocycles. The predicted molar refractivity (Wildman–Crippen MR) is 116 cm³/mol. The number of likely N-dealkylation sites (N-methyl/N-ethyl adjacent to an activating group) is 1. The molecule has 0 atom stereocenters. The first-order valence-electron chi connectivity index (χ1n) is 8.98. The number of hydrogen-bond acceptors (Lipinski definition) is 3. The van der Waals surface area contributed by atoms with Gasteiger partial charge in [-0.1, -0.05) is 23.7 Å². The van der Waals surface area contributed by atoms with Crippen LogP contribution in [0.4, 0.5) is 11.4 Å². The molecule has 2 aromatic rings. The maximum absolute atomic E-state index is 12.5. The largest absolute Gasteiger partial charge is 0.366 e. The molecule has 0 unspecified atom stereocenters. The molecule has 0 aliphatic carbocycles. The summed E-state index contributed by atoms with van der Waals surface area (Å²) in [5, 5.41) is 12.8. The zero-order valence-corrected chi connectivity index (χ0v) is 17.1. The number of anilines is 2. The van der Waals surface area contributed by atoms with Crippen molar-refractivity contribution in [3.05, 3.63) is 70.3 Å². The van der Waals surface area contributed by atoms with Crippen LogP contribution in [0.1, 0.15) is 31.9 Å². The fraction of sp³-hybridized carbons (Fsp3) is 0.217. The summed E-state index contributed by atoms with van der Waals surface area (Å²) in [6.45, 7) is 6.42. The molecule has 0 spiro atoms. The monoisotopic (exact) mass is 391 g/mol. The number of benzene rings is 2. The average molecular weight is 392 g/mol. The van der Waals surface area contributed by atoms with Crippen molar-refractivity contribution in [1.82, 2.24) is 0 Å². The van der Waals surface area contributed by atoms with Gasteiger partial charge in [0.25, 0.3) is 5.91 Å². The van der Waals surface area contributed by atoms with Crippen LogP contribution in [0.25, 0.3) is 11.6 Å². The molecule has 1 N–H and O–H groups in total. The number of rotatable bonds is 3. The molecular weight excluding hydrogens is 370 g/mol. The Bertz CT molecular complexity index is 1030. The Hall–Kier alpha value is -3.03. The minimum atomic E-state index is -0.451. The second-order valence-electron chi connectivity index (χ2n) is 7.45. The molecule has 1 heterocycles. The molecule has 142 valence electrons. The van der Waals surface area contributed by atoms with Gasteiger partial charge in [-0.2, -0.15) is 5.26 Å². The molecule has 28 heavy (non-hydrogen) atoms. The maximum Gasteiger partial charge on any atom is 0.266 e. The van der Waals surface area contributed by atoms with E-state index in [2.05, 4.69) is 44.1 Å². The number of amides is 1. The molecule has 1 amide bonds. The van der Waals surface area contributed by atoms with E-state index in [9.17, 15) is 10.1 Å². The standard InChI is InChI=1S/C23H22ClN3O/c1-15-13-23(2,3)27(4)21-10-5-16(12-20(15)21)11-17(14-25)22(28)26-19-8-6-18(24)7-9-19/h5-13H,1-4H3,(H,26,28)/b17-11+. The second kappa shape index (κ2) is 7.53. The van der Waals surface area contributed by atoms with E-state index in [1.807, 2.05) is 24.3 Å². The molecule has 5 heteroatoms. The van der Waals surface area contributed by atoms with Gasteiger partial charge in [0, 0.05) is 29.0 Å². The van der Waals surface area contributed by atoms with Gasteiger partial charge in [-0.15, -0.1) is 0 Å². The first kappa shape index (κ1) is 19.7. The third kappa shape index (κ3) is 3.95. The van der Waals surface area contributed by atoms with Crippen LogP contribution in [0, 0.1) is 11.3 Å². The van der Waals surface area contributed by atoms with Crippen molar-refractivity contribution >= 4 is 40.5 Å². The number of nitriles is 1. The molecule has 0 fully saturated rings. The summed E-state index contributed by atoms with van der Waals surface area (Å²) in [4.78, 5) is 14.7. The lowest BCUT2D eigenvalue weighted by molar-refractivity contribution is -0.112. The molecule has 0 bridgehead atoms. The Kier molecular flexibility index (Phi) is 5.31. The van der Waals surface area contributed by atoms with Crippen molar-refractivity contribution in [3.63, 3.8) is 0 Å². The lowest BCUT2D eigenvalue weighted by Gasteiger charge is -2.40. The van der Waals surface area contributed by atoms with Gasteiger partial charge in [-0.05, 0) is 74.4 Å². The number of hydrogen-bond donors (Lipinski definition) is 1. The highest BCUT2D eigenvalue weighted by Gasteiger charge is 2.28. The molecule has 0 aromatic heterocycles. The van der Waals surface area contributed by atoms with Crippen LogP contribution in [-0.2, 0) is 4.79 Å². The quantitative estimate of drug-likeness (QED) is 0.553. The predicted octanol–water partition coefficient (Wildman–Crippen LogP) is 5.52. The lowest BCUT2D eigenvalue weighted by atomic mass is 9.88. The van der Waals surface area contributed by atoms with Gasteiger partial charge in [-0.3, -0.25) is 4.79 Å².